The zero-order valence-electron chi connectivity index (χ0n) is 11.0. The predicted octanol–water partition coefficient (Wildman–Crippen LogP) is 3.07. The van der Waals surface area contributed by atoms with Crippen molar-refractivity contribution in [1.82, 2.24) is 5.32 Å². The summed E-state index contributed by atoms with van der Waals surface area (Å²) < 4.78 is 0. The molecule has 0 unspecified atom stereocenters. The van der Waals surface area contributed by atoms with Crippen LogP contribution in [0.15, 0.2) is 12.1 Å². The lowest BCUT2D eigenvalue weighted by atomic mass is 10.0. The highest BCUT2D eigenvalue weighted by atomic mass is 32.2. The smallest absolute Gasteiger partial charge is 0.0545 e. The highest BCUT2D eigenvalue weighted by molar-refractivity contribution is 7.99. The first-order chi connectivity index (χ1) is 8.15. The van der Waals surface area contributed by atoms with Crippen LogP contribution in [0.25, 0.3) is 0 Å². The van der Waals surface area contributed by atoms with Gasteiger partial charge in [0, 0.05) is 18.8 Å². The van der Waals surface area contributed by atoms with E-state index < -0.39 is 0 Å². The number of benzene rings is 1. The molecule has 0 saturated carbocycles. The molecule has 0 fully saturated rings. The Labute approximate surface area is 109 Å². The van der Waals surface area contributed by atoms with Gasteiger partial charge in [-0.05, 0) is 43.0 Å². The first-order valence-corrected chi connectivity index (χ1v) is 7.09. The highest BCUT2D eigenvalue weighted by Crippen LogP contribution is 2.15. The fourth-order valence-electron chi connectivity index (χ4n) is 1.71. The summed E-state index contributed by atoms with van der Waals surface area (Å²) in [6, 6.07) is 4.55. The molecule has 0 heterocycles. The summed E-state index contributed by atoms with van der Waals surface area (Å²) in [6.07, 6.45) is 5.19. The number of thioether (sulfide) groups is 1. The van der Waals surface area contributed by atoms with Crippen LogP contribution in [0, 0.1) is 33.1 Å². The first kappa shape index (κ1) is 14.2. The van der Waals surface area contributed by atoms with Crippen LogP contribution in [0.5, 0.6) is 0 Å². The minimum absolute atomic E-state index is 0.810. The third-order valence-corrected chi connectivity index (χ3v) is 3.74. The number of terminal acetylenes is 1. The quantitative estimate of drug-likeness (QED) is 0.612. The van der Waals surface area contributed by atoms with Gasteiger partial charge in [-0.15, -0.1) is 18.2 Å². The van der Waals surface area contributed by atoms with Crippen LogP contribution in [0.4, 0.5) is 0 Å². The molecular weight excluding hydrogens is 226 g/mol. The molecule has 1 rings (SSSR count). The van der Waals surface area contributed by atoms with E-state index in [1.807, 2.05) is 0 Å². The van der Waals surface area contributed by atoms with Crippen molar-refractivity contribution < 1.29 is 0 Å². The summed E-state index contributed by atoms with van der Waals surface area (Å²) in [4.78, 5) is 0. The number of nitrogens with one attached hydrogen (secondary N) is 1. The summed E-state index contributed by atoms with van der Waals surface area (Å²) >= 11 is 1.80. The van der Waals surface area contributed by atoms with Crippen molar-refractivity contribution in [2.45, 2.75) is 27.3 Å². The average molecular weight is 247 g/mol. The van der Waals surface area contributed by atoms with Gasteiger partial charge >= 0.3 is 0 Å². The standard InChI is InChI=1S/C15H21NS/c1-5-7-17-8-6-16-11-15-10-13(3)12(2)9-14(15)4/h1,9-10,16H,6-8,11H2,2-4H3. The molecule has 0 saturated heterocycles. The van der Waals surface area contributed by atoms with Crippen molar-refractivity contribution in [2.75, 3.05) is 18.1 Å². The van der Waals surface area contributed by atoms with Gasteiger partial charge < -0.3 is 5.32 Å². The van der Waals surface area contributed by atoms with Gasteiger partial charge in [-0.1, -0.05) is 18.1 Å². The maximum atomic E-state index is 5.19. The van der Waals surface area contributed by atoms with E-state index in [9.17, 15) is 0 Å². The SMILES string of the molecule is C#CCSCCNCc1cc(C)c(C)cc1C. The Kier molecular flexibility index (Phi) is 6.18. The third kappa shape index (κ3) is 4.85. The van der Waals surface area contributed by atoms with Crippen LogP contribution in [0.3, 0.4) is 0 Å². The minimum atomic E-state index is 0.810. The zero-order valence-corrected chi connectivity index (χ0v) is 11.8. The number of hydrogen-bond acceptors (Lipinski definition) is 2. The average Bonchev–Trinajstić information content (AvgIpc) is 2.30. The van der Waals surface area contributed by atoms with Gasteiger partial charge in [-0.3, -0.25) is 0 Å². The molecule has 0 aliphatic carbocycles. The molecule has 0 amide bonds. The van der Waals surface area contributed by atoms with Gasteiger partial charge in [0.05, 0.1) is 5.75 Å². The fraction of sp³-hybridized carbons (Fsp3) is 0.467. The van der Waals surface area contributed by atoms with Crippen molar-refractivity contribution >= 4 is 11.8 Å². The number of rotatable bonds is 6. The second-order valence-electron chi connectivity index (χ2n) is 4.30. The first-order valence-electron chi connectivity index (χ1n) is 5.93. The van der Waals surface area contributed by atoms with E-state index in [1.165, 1.54) is 22.3 Å². The molecule has 1 aromatic rings. The van der Waals surface area contributed by atoms with Gasteiger partial charge in [0.2, 0.25) is 0 Å². The molecule has 0 radical (unpaired) electrons. The molecule has 0 bridgehead atoms. The fourth-order valence-corrected chi connectivity index (χ4v) is 2.26. The van der Waals surface area contributed by atoms with E-state index in [0.29, 0.717) is 0 Å². The Morgan fingerprint density at radius 3 is 2.59 bits per heavy atom. The normalized spacial score (nSPS) is 10.2. The summed E-state index contributed by atoms with van der Waals surface area (Å²) in [5.41, 5.74) is 5.51. The molecular formula is C15H21NS. The molecule has 0 aliphatic rings. The lowest BCUT2D eigenvalue weighted by Gasteiger charge is -2.10. The van der Waals surface area contributed by atoms with Crippen molar-refractivity contribution in [1.29, 1.82) is 0 Å². The van der Waals surface area contributed by atoms with E-state index in [4.69, 9.17) is 6.42 Å². The van der Waals surface area contributed by atoms with E-state index in [1.54, 1.807) is 11.8 Å². The Morgan fingerprint density at radius 1 is 1.18 bits per heavy atom. The Balaban J connectivity index is 2.37. The van der Waals surface area contributed by atoms with Gasteiger partial charge in [0.1, 0.15) is 0 Å². The molecule has 1 aromatic carbocycles. The largest absolute Gasteiger partial charge is 0.312 e. The zero-order chi connectivity index (χ0) is 12.7. The Morgan fingerprint density at radius 2 is 1.88 bits per heavy atom. The van der Waals surface area contributed by atoms with Gasteiger partial charge in [-0.25, -0.2) is 0 Å². The Hall–Kier alpha value is -0.910. The summed E-state index contributed by atoms with van der Waals surface area (Å²) in [6.45, 7) is 8.47. The number of hydrogen-bond donors (Lipinski definition) is 1. The lowest BCUT2D eigenvalue weighted by Crippen LogP contribution is -2.17. The molecule has 0 spiro atoms. The van der Waals surface area contributed by atoms with Crippen LogP contribution >= 0.6 is 11.8 Å². The van der Waals surface area contributed by atoms with Crippen LogP contribution in [0.1, 0.15) is 22.3 Å². The van der Waals surface area contributed by atoms with E-state index >= 15 is 0 Å². The van der Waals surface area contributed by atoms with Crippen LogP contribution in [-0.2, 0) is 6.54 Å². The minimum Gasteiger partial charge on any atom is -0.312 e. The third-order valence-electron chi connectivity index (χ3n) is 2.88. The van der Waals surface area contributed by atoms with Crippen molar-refractivity contribution in [2.24, 2.45) is 0 Å². The lowest BCUT2D eigenvalue weighted by molar-refractivity contribution is 0.728. The van der Waals surface area contributed by atoms with Crippen molar-refractivity contribution in [3.63, 3.8) is 0 Å². The molecule has 0 aliphatic heterocycles. The predicted molar refractivity (Wildman–Crippen MR) is 78.5 cm³/mol. The van der Waals surface area contributed by atoms with Crippen molar-refractivity contribution in [3.8, 4) is 12.3 Å². The maximum absolute atomic E-state index is 5.19. The summed E-state index contributed by atoms with van der Waals surface area (Å²) in [7, 11) is 0. The molecule has 0 atom stereocenters. The molecule has 17 heavy (non-hydrogen) atoms. The summed E-state index contributed by atoms with van der Waals surface area (Å²) in [5, 5.41) is 3.46. The van der Waals surface area contributed by atoms with Gasteiger partial charge in [0.25, 0.3) is 0 Å². The number of aryl methyl sites for hydroxylation is 3. The van der Waals surface area contributed by atoms with E-state index in [0.717, 1.165) is 24.6 Å². The van der Waals surface area contributed by atoms with E-state index in [-0.39, 0.29) is 0 Å². The highest BCUT2D eigenvalue weighted by Gasteiger charge is 2.01. The van der Waals surface area contributed by atoms with Crippen LogP contribution in [-0.4, -0.2) is 18.1 Å². The maximum Gasteiger partial charge on any atom is 0.0545 e. The monoisotopic (exact) mass is 247 g/mol. The molecule has 0 aromatic heterocycles. The second kappa shape index (κ2) is 7.42. The molecule has 1 nitrogen and oxygen atoms in total. The molecule has 92 valence electrons. The molecule has 2 heteroatoms. The Bertz CT molecular complexity index is 404. The van der Waals surface area contributed by atoms with E-state index in [2.05, 4.69) is 44.1 Å². The second-order valence-corrected chi connectivity index (χ2v) is 5.40. The van der Waals surface area contributed by atoms with Crippen molar-refractivity contribution in [3.05, 3.63) is 34.4 Å². The molecule has 1 N–H and O–H groups in total. The van der Waals surface area contributed by atoms with Crippen LogP contribution in [0.2, 0.25) is 0 Å². The van der Waals surface area contributed by atoms with Gasteiger partial charge in [-0.2, -0.15) is 0 Å². The van der Waals surface area contributed by atoms with Gasteiger partial charge in [0.15, 0.2) is 0 Å². The topological polar surface area (TPSA) is 12.0 Å². The summed E-state index contributed by atoms with van der Waals surface area (Å²) in [5.74, 6) is 4.52. The van der Waals surface area contributed by atoms with Crippen LogP contribution < -0.4 is 5.32 Å².